The van der Waals surface area contributed by atoms with Gasteiger partial charge in [0.05, 0.1) is 6.61 Å². The highest BCUT2D eigenvalue weighted by Crippen LogP contribution is 2.36. The summed E-state index contributed by atoms with van der Waals surface area (Å²) in [5.41, 5.74) is 5.97. The van der Waals surface area contributed by atoms with Crippen molar-refractivity contribution in [3.63, 3.8) is 0 Å². The normalized spacial score (nSPS) is 18.8. The zero-order chi connectivity index (χ0) is 19.6. The van der Waals surface area contributed by atoms with Crippen LogP contribution in [0.15, 0.2) is 36.4 Å². The number of hydrogen-bond donors (Lipinski definition) is 0. The largest absolute Gasteiger partial charge is 0.493 e. The van der Waals surface area contributed by atoms with Gasteiger partial charge in [0.1, 0.15) is 11.4 Å². The Balaban J connectivity index is 1.36. The van der Waals surface area contributed by atoms with E-state index in [1.807, 2.05) is 0 Å². The van der Waals surface area contributed by atoms with E-state index in [0.717, 1.165) is 31.8 Å². The molecule has 1 aliphatic heterocycles. The summed E-state index contributed by atoms with van der Waals surface area (Å²) in [5, 5.41) is 0. The van der Waals surface area contributed by atoms with Crippen LogP contribution < -0.4 is 4.74 Å². The van der Waals surface area contributed by atoms with Gasteiger partial charge in [-0.25, -0.2) is 4.39 Å². The van der Waals surface area contributed by atoms with Crippen molar-refractivity contribution in [1.29, 1.82) is 0 Å². The molecule has 0 spiro atoms. The second-order valence-corrected chi connectivity index (χ2v) is 8.68. The molecule has 1 heterocycles. The smallest absolute Gasteiger partial charge is 0.122 e. The SMILES string of the molecule is Cc1c(OCCCN2CCC(C)(F)CC2)cccc1-c1cccc2c1CCC2. The minimum Gasteiger partial charge on any atom is -0.493 e. The highest BCUT2D eigenvalue weighted by molar-refractivity contribution is 5.74. The van der Waals surface area contributed by atoms with Gasteiger partial charge in [0.2, 0.25) is 0 Å². The number of benzene rings is 2. The summed E-state index contributed by atoms with van der Waals surface area (Å²) in [5.74, 6) is 0.989. The minimum absolute atomic E-state index is 0.649. The first-order chi connectivity index (χ1) is 13.5. The van der Waals surface area contributed by atoms with Crippen LogP contribution in [0, 0.1) is 6.92 Å². The lowest BCUT2D eigenvalue weighted by molar-refractivity contribution is 0.0715. The van der Waals surface area contributed by atoms with Gasteiger partial charge >= 0.3 is 0 Å². The van der Waals surface area contributed by atoms with Crippen LogP contribution in [-0.2, 0) is 12.8 Å². The number of halogens is 1. The number of rotatable bonds is 6. The summed E-state index contributed by atoms with van der Waals surface area (Å²) in [4.78, 5) is 2.36. The number of hydrogen-bond acceptors (Lipinski definition) is 2. The third-order valence-corrected chi connectivity index (χ3v) is 6.50. The number of fused-ring (bicyclic) bond motifs is 1. The van der Waals surface area contributed by atoms with Gasteiger partial charge in [-0.2, -0.15) is 0 Å². The van der Waals surface area contributed by atoms with Crippen molar-refractivity contribution in [3.8, 4) is 16.9 Å². The number of ether oxygens (including phenoxy) is 1. The number of nitrogens with zero attached hydrogens (tertiary/aromatic N) is 1. The molecule has 2 nitrogen and oxygen atoms in total. The number of aryl methyl sites for hydroxylation is 1. The van der Waals surface area contributed by atoms with E-state index in [4.69, 9.17) is 4.74 Å². The Kier molecular flexibility index (Phi) is 5.73. The zero-order valence-corrected chi connectivity index (χ0v) is 17.3. The molecule has 3 heteroatoms. The van der Waals surface area contributed by atoms with Crippen molar-refractivity contribution in [2.45, 2.75) is 58.0 Å². The summed E-state index contributed by atoms with van der Waals surface area (Å²) in [7, 11) is 0. The van der Waals surface area contributed by atoms with E-state index >= 15 is 0 Å². The molecule has 0 saturated carbocycles. The molecule has 150 valence electrons. The summed E-state index contributed by atoms with van der Waals surface area (Å²) < 4.78 is 20.1. The maximum Gasteiger partial charge on any atom is 0.122 e. The second kappa shape index (κ2) is 8.24. The number of piperidine rings is 1. The van der Waals surface area contributed by atoms with Crippen molar-refractivity contribution in [2.24, 2.45) is 0 Å². The molecule has 1 fully saturated rings. The summed E-state index contributed by atoms with van der Waals surface area (Å²) in [6.45, 7) is 7.32. The predicted octanol–water partition coefficient (Wildman–Crippen LogP) is 5.74. The highest BCUT2D eigenvalue weighted by atomic mass is 19.1. The lowest BCUT2D eigenvalue weighted by Gasteiger charge is -2.34. The van der Waals surface area contributed by atoms with E-state index in [0.29, 0.717) is 19.4 Å². The molecule has 0 bridgehead atoms. The molecule has 0 N–H and O–H groups in total. The van der Waals surface area contributed by atoms with E-state index in [-0.39, 0.29) is 0 Å². The molecule has 0 unspecified atom stereocenters. The monoisotopic (exact) mass is 381 g/mol. The fraction of sp³-hybridized carbons (Fsp3) is 0.520. The van der Waals surface area contributed by atoms with Crippen molar-refractivity contribution < 1.29 is 9.13 Å². The topological polar surface area (TPSA) is 12.5 Å². The Bertz CT molecular complexity index is 819. The molecule has 1 aliphatic carbocycles. The first-order valence-corrected chi connectivity index (χ1v) is 10.8. The third kappa shape index (κ3) is 4.25. The quantitative estimate of drug-likeness (QED) is 0.591. The Morgan fingerprint density at radius 2 is 1.79 bits per heavy atom. The second-order valence-electron chi connectivity index (χ2n) is 8.68. The van der Waals surface area contributed by atoms with E-state index in [1.54, 1.807) is 6.92 Å². The van der Waals surface area contributed by atoms with Crippen LogP contribution in [0.5, 0.6) is 5.75 Å². The lowest BCUT2D eigenvalue weighted by Crippen LogP contribution is -2.40. The van der Waals surface area contributed by atoms with Gasteiger partial charge in [-0.05, 0) is 86.3 Å². The summed E-state index contributed by atoms with van der Waals surface area (Å²) in [6.07, 6.45) is 5.93. The van der Waals surface area contributed by atoms with Crippen molar-refractivity contribution in [2.75, 3.05) is 26.2 Å². The average molecular weight is 382 g/mol. The molecule has 2 aromatic carbocycles. The van der Waals surface area contributed by atoms with Crippen LogP contribution in [-0.4, -0.2) is 36.8 Å². The van der Waals surface area contributed by atoms with E-state index in [9.17, 15) is 4.39 Å². The van der Waals surface area contributed by atoms with Gasteiger partial charge in [-0.15, -0.1) is 0 Å². The minimum atomic E-state index is -0.970. The molecule has 0 aromatic heterocycles. The van der Waals surface area contributed by atoms with Crippen molar-refractivity contribution in [3.05, 3.63) is 53.1 Å². The van der Waals surface area contributed by atoms with E-state index in [1.165, 1.54) is 47.1 Å². The fourth-order valence-electron chi connectivity index (χ4n) is 4.65. The molecule has 0 radical (unpaired) electrons. The van der Waals surface area contributed by atoms with Crippen molar-refractivity contribution in [1.82, 2.24) is 4.90 Å². The van der Waals surface area contributed by atoms with E-state index < -0.39 is 5.67 Å². The molecule has 1 saturated heterocycles. The van der Waals surface area contributed by atoms with Crippen LogP contribution in [0.2, 0.25) is 0 Å². The number of likely N-dealkylation sites (tertiary alicyclic amines) is 1. The van der Waals surface area contributed by atoms with Gasteiger partial charge in [0, 0.05) is 19.6 Å². The fourth-order valence-corrected chi connectivity index (χ4v) is 4.65. The lowest BCUT2D eigenvalue weighted by atomic mass is 9.93. The van der Waals surface area contributed by atoms with Gasteiger partial charge in [0.15, 0.2) is 0 Å². The molecule has 4 rings (SSSR count). The standard InChI is InChI=1S/C25H32FNO/c1-19-21(23-11-4-8-20-7-3-10-22(20)23)9-5-12-24(19)28-18-6-15-27-16-13-25(2,26)14-17-27/h4-5,8-9,11-12H,3,6-7,10,13-18H2,1-2H3. The maximum absolute atomic E-state index is 13.9. The van der Waals surface area contributed by atoms with Gasteiger partial charge < -0.3 is 9.64 Å². The summed E-state index contributed by atoms with van der Waals surface area (Å²) >= 11 is 0. The Morgan fingerprint density at radius 3 is 2.61 bits per heavy atom. The van der Waals surface area contributed by atoms with E-state index in [2.05, 4.69) is 48.2 Å². The highest BCUT2D eigenvalue weighted by Gasteiger charge is 2.29. The first kappa shape index (κ1) is 19.4. The summed E-state index contributed by atoms with van der Waals surface area (Å²) in [6, 6.07) is 13.1. The van der Waals surface area contributed by atoms with Crippen molar-refractivity contribution >= 4 is 0 Å². The molecule has 28 heavy (non-hydrogen) atoms. The van der Waals surface area contributed by atoms with Crippen LogP contribution in [0.1, 0.15) is 49.3 Å². The molecule has 2 aliphatic rings. The molecule has 2 aromatic rings. The third-order valence-electron chi connectivity index (χ3n) is 6.50. The van der Waals surface area contributed by atoms with Gasteiger partial charge in [0.25, 0.3) is 0 Å². The number of alkyl halides is 1. The molecule has 0 amide bonds. The Hall–Kier alpha value is -1.87. The zero-order valence-electron chi connectivity index (χ0n) is 17.3. The first-order valence-electron chi connectivity index (χ1n) is 10.8. The van der Waals surface area contributed by atoms with Crippen LogP contribution >= 0.6 is 0 Å². The van der Waals surface area contributed by atoms with Gasteiger partial charge in [-0.1, -0.05) is 30.3 Å². The van der Waals surface area contributed by atoms with Crippen LogP contribution in [0.4, 0.5) is 4.39 Å². The van der Waals surface area contributed by atoms with Gasteiger partial charge in [-0.3, -0.25) is 0 Å². The maximum atomic E-state index is 13.9. The molecular weight excluding hydrogens is 349 g/mol. The predicted molar refractivity (Wildman–Crippen MR) is 114 cm³/mol. The van der Waals surface area contributed by atoms with Crippen LogP contribution in [0.25, 0.3) is 11.1 Å². The molecule has 0 atom stereocenters. The molecular formula is C25H32FNO. The Labute approximate surface area is 168 Å². The van der Waals surface area contributed by atoms with Crippen LogP contribution in [0.3, 0.4) is 0 Å². The average Bonchev–Trinajstić information content (AvgIpc) is 3.16. The Morgan fingerprint density at radius 1 is 1.04 bits per heavy atom.